The molecule has 1 heterocycles. The largest absolute Gasteiger partial charge is 0.383 e. The van der Waals surface area contributed by atoms with Crippen LogP contribution in [0.5, 0.6) is 0 Å². The smallest absolute Gasteiger partial charge is 0.129 e. The lowest BCUT2D eigenvalue weighted by Gasteiger charge is -2.04. The highest BCUT2D eigenvalue weighted by Crippen LogP contribution is 2.37. The van der Waals surface area contributed by atoms with E-state index in [0.29, 0.717) is 0 Å². The maximum atomic E-state index is 6.16. The fourth-order valence-electron chi connectivity index (χ4n) is 2.26. The summed E-state index contributed by atoms with van der Waals surface area (Å²) in [5, 5.41) is 4.57. The van der Waals surface area contributed by atoms with Gasteiger partial charge in [0.25, 0.3) is 0 Å². The molecule has 1 aliphatic rings. The van der Waals surface area contributed by atoms with Gasteiger partial charge in [0.05, 0.1) is 5.69 Å². The van der Waals surface area contributed by atoms with Gasteiger partial charge < -0.3 is 5.73 Å². The van der Waals surface area contributed by atoms with E-state index in [2.05, 4.69) is 33.2 Å². The van der Waals surface area contributed by atoms with Gasteiger partial charge in [-0.2, -0.15) is 5.10 Å². The zero-order chi connectivity index (χ0) is 12.7. The maximum absolute atomic E-state index is 6.16. The Labute approximate surface area is 115 Å². The van der Waals surface area contributed by atoms with Crippen LogP contribution in [0.2, 0.25) is 0 Å². The van der Waals surface area contributed by atoms with E-state index in [1.165, 1.54) is 12.8 Å². The first-order valence-corrected chi connectivity index (χ1v) is 7.01. The number of hydrogen-bond donors (Lipinski definition) is 1. The molecule has 18 heavy (non-hydrogen) atoms. The van der Waals surface area contributed by atoms with E-state index < -0.39 is 0 Å². The quantitative estimate of drug-likeness (QED) is 0.944. The van der Waals surface area contributed by atoms with Crippen molar-refractivity contribution >= 4 is 21.7 Å². The second-order valence-corrected chi connectivity index (χ2v) is 5.90. The summed E-state index contributed by atoms with van der Waals surface area (Å²) in [6, 6.07) is 8.27. The highest BCUT2D eigenvalue weighted by atomic mass is 79.9. The zero-order valence-electron chi connectivity index (χ0n) is 10.4. The van der Waals surface area contributed by atoms with Gasteiger partial charge >= 0.3 is 0 Å². The fourth-order valence-corrected chi connectivity index (χ4v) is 2.53. The number of rotatable bonds is 3. The predicted octanol–water partition coefficient (Wildman–Crippen LogP) is 3.38. The van der Waals surface area contributed by atoms with Crippen LogP contribution in [0.1, 0.15) is 18.5 Å². The number of nitrogens with zero attached hydrogens (tertiary/aromatic N) is 2. The number of anilines is 1. The minimum absolute atomic E-state index is 0.757. The second-order valence-electron chi connectivity index (χ2n) is 4.98. The third-order valence-electron chi connectivity index (χ3n) is 3.48. The lowest BCUT2D eigenvalue weighted by molar-refractivity contribution is 0.722. The molecule has 0 amide bonds. The molecule has 94 valence electrons. The summed E-state index contributed by atoms with van der Waals surface area (Å²) in [5.41, 5.74) is 9.56. The van der Waals surface area contributed by atoms with Crippen LogP contribution in [-0.2, 0) is 13.5 Å². The molecular weight excluding hydrogens is 290 g/mol. The van der Waals surface area contributed by atoms with Crippen LogP contribution in [-0.4, -0.2) is 9.78 Å². The molecule has 0 saturated heterocycles. The van der Waals surface area contributed by atoms with Gasteiger partial charge in [-0.1, -0.05) is 28.1 Å². The highest BCUT2D eigenvalue weighted by Gasteiger charge is 2.26. The number of benzene rings is 1. The van der Waals surface area contributed by atoms with Gasteiger partial charge in [0.1, 0.15) is 5.82 Å². The fraction of sp³-hybridized carbons (Fsp3) is 0.357. The van der Waals surface area contributed by atoms with Crippen molar-refractivity contribution in [1.82, 2.24) is 9.78 Å². The lowest BCUT2D eigenvalue weighted by atomic mass is 10.0. The number of halogens is 1. The minimum Gasteiger partial charge on any atom is -0.383 e. The molecule has 0 unspecified atom stereocenters. The molecule has 2 N–H and O–H groups in total. The van der Waals surface area contributed by atoms with Crippen molar-refractivity contribution < 1.29 is 0 Å². The summed E-state index contributed by atoms with van der Waals surface area (Å²) < 4.78 is 2.87. The SMILES string of the molecule is Cn1nc(CC2CC2)c(-c2ccc(Br)cc2)c1N. The van der Waals surface area contributed by atoms with E-state index in [4.69, 9.17) is 5.73 Å². The van der Waals surface area contributed by atoms with Crippen LogP contribution in [0.4, 0.5) is 5.82 Å². The monoisotopic (exact) mass is 305 g/mol. The minimum atomic E-state index is 0.757. The molecule has 1 saturated carbocycles. The Morgan fingerprint density at radius 1 is 1.33 bits per heavy atom. The van der Waals surface area contributed by atoms with Gasteiger partial charge in [-0.3, -0.25) is 4.68 Å². The second kappa shape index (κ2) is 4.43. The Bertz CT molecular complexity index is 567. The molecule has 1 aromatic heterocycles. The van der Waals surface area contributed by atoms with Gasteiger partial charge in [-0.15, -0.1) is 0 Å². The average Bonchev–Trinajstić information content (AvgIpc) is 3.10. The number of nitrogens with two attached hydrogens (primary N) is 1. The molecule has 1 aromatic carbocycles. The van der Waals surface area contributed by atoms with Crippen LogP contribution < -0.4 is 5.73 Å². The van der Waals surface area contributed by atoms with Gasteiger partial charge in [0.15, 0.2) is 0 Å². The van der Waals surface area contributed by atoms with E-state index in [-0.39, 0.29) is 0 Å². The van der Waals surface area contributed by atoms with Crippen molar-refractivity contribution in [1.29, 1.82) is 0 Å². The van der Waals surface area contributed by atoms with Crippen LogP contribution in [0.3, 0.4) is 0 Å². The normalized spacial score (nSPS) is 15.0. The van der Waals surface area contributed by atoms with Crippen LogP contribution in [0, 0.1) is 5.92 Å². The predicted molar refractivity (Wildman–Crippen MR) is 77.2 cm³/mol. The molecule has 2 aromatic rings. The van der Waals surface area contributed by atoms with Crippen LogP contribution in [0.25, 0.3) is 11.1 Å². The van der Waals surface area contributed by atoms with E-state index in [0.717, 1.165) is 39.5 Å². The first-order valence-electron chi connectivity index (χ1n) is 6.22. The van der Waals surface area contributed by atoms with Crippen molar-refractivity contribution in [3.63, 3.8) is 0 Å². The van der Waals surface area contributed by atoms with Gasteiger partial charge in [-0.25, -0.2) is 0 Å². The van der Waals surface area contributed by atoms with Crippen LogP contribution in [0.15, 0.2) is 28.7 Å². The van der Waals surface area contributed by atoms with E-state index in [1.807, 2.05) is 19.2 Å². The van der Waals surface area contributed by atoms with Gasteiger partial charge in [0, 0.05) is 17.1 Å². The number of hydrogen-bond acceptors (Lipinski definition) is 2. The maximum Gasteiger partial charge on any atom is 0.129 e. The number of aromatic nitrogens is 2. The first kappa shape index (κ1) is 11.8. The molecule has 0 spiro atoms. The Balaban J connectivity index is 2.05. The molecule has 0 aliphatic heterocycles. The molecule has 1 fully saturated rings. The summed E-state index contributed by atoms with van der Waals surface area (Å²) in [6.45, 7) is 0. The molecule has 0 atom stereocenters. The lowest BCUT2D eigenvalue weighted by Crippen LogP contribution is -1.98. The van der Waals surface area contributed by atoms with Crippen molar-refractivity contribution in [2.75, 3.05) is 5.73 Å². The van der Waals surface area contributed by atoms with Crippen molar-refractivity contribution in [2.24, 2.45) is 13.0 Å². The van der Waals surface area contributed by atoms with Crippen molar-refractivity contribution in [2.45, 2.75) is 19.3 Å². The van der Waals surface area contributed by atoms with Crippen LogP contribution >= 0.6 is 15.9 Å². The third-order valence-corrected chi connectivity index (χ3v) is 4.00. The molecular formula is C14H16BrN3. The van der Waals surface area contributed by atoms with E-state index in [9.17, 15) is 0 Å². The summed E-state index contributed by atoms with van der Waals surface area (Å²) in [6.07, 6.45) is 3.71. The first-order chi connectivity index (χ1) is 8.65. The molecule has 4 heteroatoms. The Morgan fingerprint density at radius 2 is 2.00 bits per heavy atom. The average molecular weight is 306 g/mol. The van der Waals surface area contributed by atoms with E-state index in [1.54, 1.807) is 4.68 Å². The Kier molecular flexibility index (Phi) is 2.90. The summed E-state index contributed by atoms with van der Waals surface area (Å²) >= 11 is 3.46. The summed E-state index contributed by atoms with van der Waals surface area (Å²) in [7, 11) is 1.91. The van der Waals surface area contributed by atoms with Gasteiger partial charge in [0.2, 0.25) is 0 Å². The van der Waals surface area contributed by atoms with Crippen molar-refractivity contribution in [3.8, 4) is 11.1 Å². The van der Waals surface area contributed by atoms with Gasteiger partial charge in [-0.05, 0) is 42.9 Å². The highest BCUT2D eigenvalue weighted by molar-refractivity contribution is 9.10. The van der Waals surface area contributed by atoms with Crippen molar-refractivity contribution in [3.05, 3.63) is 34.4 Å². The van der Waals surface area contributed by atoms with E-state index >= 15 is 0 Å². The molecule has 3 nitrogen and oxygen atoms in total. The molecule has 1 aliphatic carbocycles. The molecule has 0 bridgehead atoms. The topological polar surface area (TPSA) is 43.8 Å². The molecule has 0 radical (unpaired) electrons. The Hall–Kier alpha value is -1.29. The Morgan fingerprint density at radius 3 is 2.61 bits per heavy atom. The summed E-state index contributed by atoms with van der Waals surface area (Å²) in [4.78, 5) is 0. The molecule has 3 rings (SSSR count). The summed E-state index contributed by atoms with van der Waals surface area (Å²) in [5.74, 6) is 1.57. The standard InChI is InChI=1S/C14H16BrN3/c1-18-14(16)13(10-4-6-11(15)7-5-10)12(17-18)8-9-2-3-9/h4-7,9H,2-3,8,16H2,1H3. The zero-order valence-corrected chi connectivity index (χ0v) is 11.9. The number of aryl methyl sites for hydroxylation is 1. The third kappa shape index (κ3) is 2.17. The number of nitrogen functional groups attached to an aromatic ring is 1.